The first-order chi connectivity index (χ1) is 15.3. The second kappa shape index (κ2) is 7.26. The molecule has 3 aliphatic heterocycles. The van der Waals surface area contributed by atoms with Crippen molar-refractivity contribution in [2.24, 2.45) is 17.3 Å². The third-order valence-electron chi connectivity index (χ3n) is 7.07. The molecule has 4 heterocycles. The zero-order chi connectivity index (χ0) is 22.8. The van der Waals surface area contributed by atoms with Gasteiger partial charge in [0.1, 0.15) is 6.04 Å². The van der Waals surface area contributed by atoms with Gasteiger partial charge in [-0.1, -0.05) is 64.5 Å². The van der Waals surface area contributed by atoms with Crippen LogP contribution in [0.4, 0.5) is 5.69 Å². The van der Waals surface area contributed by atoms with Crippen LogP contribution in [0.15, 0.2) is 36.5 Å². The minimum Gasteiger partial charge on any atom is -0.351 e. The summed E-state index contributed by atoms with van der Waals surface area (Å²) in [5, 5.41) is 0.974. The van der Waals surface area contributed by atoms with E-state index in [0.29, 0.717) is 6.54 Å². The summed E-state index contributed by atoms with van der Waals surface area (Å²) in [5.74, 6) is -1.56. The van der Waals surface area contributed by atoms with Crippen molar-refractivity contribution in [2.45, 2.75) is 52.6 Å². The van der Waals surface area contributed by atoms with Crippen molar-refractivity contribution in [3.63, 3.8) is 0 Å². The Labute approximate surface area is 188 Å². The maximum absolute atomic E-state index is 13.8. The molecule has 0 bridgehead atoms. The first kappa shape index (κ1) is 20.9. The maximum atomic E-state index is 13.8. The number of rotatable bonds is 4. The molecule has 2 aromatic rings. The quantitative estimate of drug-likeness (QED) is 0.688. The summed E-state index contributed by atoms with van der Waals surface area (Å²) in [5.41, 5.74) is 1.97. The number of benzene rings is 1. The Morgan fingerprint density at radius 2 is 1.84 bits per heavy atom. The van der Waals surface area contributed by atoms with Crippen molar-refractivity contribution in [1.82, 2.24) is 9.88 Å². The Hall–Kier alpha value is -3.02. The lowest BCUT2D eigenvalue weighted by molar-refractivity contribution is -0.142. The second-order valence-electron chi connectivity index (χ2n) is 10.1. The molecule has 6 heteroatoms. The molecule has 3 aliphatic rings. The number of Topliss-reactive ketones (excluding diaryl/α,β-unsaturated/α-hetero) is 1. The van der Waals surface area contributed by atoms with Crippen molar-refractivity contribution in [3.05, 3.63) is 42.1 Å². The number of imide groups is 1. The first-order valence-corrected chi connectivity index (χ1v) is 11.5. The molecule has 6 nitrogen and oxygen atoms in total. The van der Waals surface area contributed by atoms with E-state index in [-0.39, 0.29) is 23.6 Å². The summed E-state index contributed by atoms with van der Waals surface area (Å²) in [6.45, 7) is 8.12. The van der Waals surface area contributed by atoms with Gasteiger partial charge < -0.3 is 4.90 Å². The van der Waals surface area contributed by atoms with Crippen LogP contribution in [0.2, 0.25) is 0 Å². The number of hydrogen-bond donors (Lipinski definition) is 0. The second-order valence-corrected chi connectivity index (χ2v) is 10.1. The summed E-state index contributed by atoms with van der Waals surface area (Å²) in [6.07, 6.45) is 7.43. The van der Waals surface area contributed by atoms with Crippen LogP contribution < -0.4 is 4.90 Å². The van der Waals surface area contributed by atoms with Crippen molar-refractivity contribution < 1.29 is 14.4 Å². The fourth-order valence-corrected chi connectivity index (χ4v) is 5.52. The fourth-order valence-electron chi connectivity index (χ4n) is 5.52. The van der Waals surface area contributed by atoms with Gasteiger partial charge in [-0.3, -0.25) is 24.3 Å². The van der Waals surface area contributed by atoms with Crippen LogP contribution in [-0.2, 0) is 14.4 Å². The van der Waals surface area contributed by atoms with Gasteiger partial charge in [-0.15, -0.1) is 0 Å². The molecule has 0 spiro atoms. The molecule has 0 unspecified atom stereocenters. The van der Waals surface area contributed by atoms with Gasteiger partial charge in [-0.25, -0.2) is 0 Å². The van der Waals surface area contributed by atoms with Crippen LogP contribution in [0.3, 0.4) is 0 Å². The van der Waals surface area contributed by atoms with Gasteiger partial charge in [0.05, 0.1) is 29.1 Å². The molecule has 1 aromatic carbocycles. The van der Waals surface area contributed by atoms with Crippen LogP contribution in [0.25, 0.3) is 17.0 Å². The van der Waals surface area contributed by atoms with Crippen molar-refractivity contribution in [3.8, 4) is 0 Å². The number of carbonyl (C=O) groups is 3. The monoisotopic (exact) mass is 431 g/mol. The number of hydrogen-bond acceptors (Lipinski definition) is 5. The largest absolute Gasteiger partial charge is 0.351 e. The summed E-state index contributed by atoms with van der Waals surface area (Å²) in [7, 11) is 0. The van der Waals surface area contributed by atoms with Crippen molar-refractivity contribution in [1.29, 1.82) is 0 Å². The van der Waals surface area contributed by atoms with Crippen LogP contribution in [0.1, 0.15) is 46.1 Å². The van der Waals surface area contributed by atoms with Crippen molar-refractivity contribution >= 4 is 40.3 Å². The average Bonchev–Trinajstić information content (AvgIpc) is 3.23. The number of anilines is 1. The number of unbranched alkanes of at least 4 members (excludes halogenated alkanes) is 1. The normalized spacial score (nSPS) is 26.5. The molecule has 166 valence electrons. The predicted octanol–water partition coefficient (Wildman–Crippen LogP) is 3.84. The Bertz CT molecular complexity index is 1160. The molecule has 2 saturated heterocycles. The van der Waals surface area contributed by atoms with Crippen LogP contribution in [0.5, 0.6) is 0 Å². The third-order valence-corrected chi connectivity index (χ3v) is 7.07. The third kappa shape index (κ3) is 2.85. The highest BCUT2D eigenvalue weighted by Gasteiger charge is 2.64. The topological polar surface area (TPSA) is 70.6 Å². The highest BCUT2D eigenvalue weighted by atomic mass is 16.2. The Morgan fingerprint density at radius 3 is 2.56 bits per heavy atom. The van der Waals surface area contributed by atoms with Gasteiger partial charge in [0.15, 0.2) is 5.78 Å². The minimum atomic E-state index is -0.690. The zero-order valence-electron chi connectivity index (χ0n) is 19.0. The van der Waals surface area contributed by atoms with E-state index in [0.717, 1.165) is 35.0 Å². The molecule has 2 fully saturated rings. The van der Waals surface area contributed by atoms with Gasteiger partial charge in [0, 0.05) is 23.5 Å². The smallest absolute Gasteiger partial charge is 0.235 e. The predicted molar refractivity (Wildman–Crippen MR) is 124 cm³/mol. The highest BCUT2D eigenvalue weighted by molar-refractivity contribution is 6.13. The number of ketones is 1. The highest BCUT2D eigenvalue weighted by Crippen LogP contribution is 2.51. The number of nitrogens with zero attached hydrogens (tertiary/aromatic N) is 3. The van der Waals surface area contributed by atoms with Gasteiger partial charge in [0.2, 0.25) is 11.8 Å². The standard InChI is InChI=1S/C26H29N3O3/c1-5-6-14-28-24(31)18-17-12-11-16-10-9-15-8-7-13-27-20(15)21(16)29(17)22(19(18)25(28)32)23(30)26(2,3)4/h7-13,17-19,22H,5-6,14H2,1-4H3/t17-,18-,19-,22-/m1/s1. The first-order valence-electron chi connectivity index (χ1n) is 11.5. The molecular formula is C26H29N3O3. The van der Waals surface area contributed by atoms with Crippen LogP contribution in [0, 0.1) is 17.3 Å². The Morgan fingerprint density at radius 1 is 1.09 bits per heavy atom. The molecule has 0 N–H and O–H groups in total. The Balaban J connectivity index is 1.70. The summed E-state index contributed by atoms with van der Waals surface area (Å²) < 4.78 is 0. The minimum absolute atomic E-state index is 0.0114. The van der Waals surface area contributed by atoms with Gasteiger partial charge in [-0.2, -0.15) is 0 Å². The molecule has 4 atom stereocenters. The van der Waals surface area contributed by atoms with E-state index < -0.39 is 23.3 Å². The molecule has 1 aromatic heterocycles. The SMILES string of the molecule is CCCCN1C(=O)[C@@H]2[C@H](C1=O)[C@H]1C=Cc3ccc4cccnc4c3N1[C@H]2C(=O)C(C)(C)C. The summed E-state index contributed by atoms with van der Waals surface area (Å²) >= 11 is 0. The van der Waals surface area contributed by atoms with Gasteiger partial charge in [0.25, 0.3) is 0 Å². The number of likely N-dealkylation sites (tertiary alicyclic amines) is 1. The van der Waals surface area contributed by atoms with Crippen LogP contribution >= 0.6 is 0 Å². The lowest BCUT2D eigenvalue weighted by Crippen LogP contribution is -2.51. The fraction of sp³-hybridized carbons (Fsp3) is 0.462. The average molecular weight is 432 g/mol. The summed E-state index contributed by atoms with van der Waals surface area (Å²) in [4.78, 5) is 48.9. The zero-order valence-corrected chi connectivity index (χ0v) is 19.0. The molecule has 2 amide bonds. The van der Waals surface area contributed by atoms with E-state index in [1.54, 1.807) is 6.20 Å². The van der Waals surface area contributed by atoms with E-state index in [1.807, 2.05) is 69.0 Å². The molecule has 32 heavy (non-hydrogen) atoms. The van der Waals surface area contributed by atoms with Gasteiger partial charge >= 0.3 is 0 Å². The molecule has 0 aliphatic carbocycles. The van der Waals surface area contributed by atoms with Gasteiger partial charge in [-0.05, 0) is 18.1 Å². The molecule has 5 rings (SSSR count). The number of aromatic nitrogens is 1. The van der Waals surface area contributed by atoms with E-state index in [2.05, 4.69) is 4.98 Å². The van der Waals surface area contributed by atoms with Crippen molar-refractivity contribution in [2.75, 3.05) is 11.4 Å². The summed E-state index contributed by atoms with van der Waals surface area (Å²) in [6, 6.07) is 6.90. The van der Waals surface area contributed by atoms with E-state index in [4.69, 9.17) is 0 Å². The number of amides is 2. The van der Waals surface area contributed by atoms with Crippen LogP contribution in [-0.4, -0.2) is 46.1 Å². The molecular weight excluding hydrogens is 402 g/mol. The number of carbonyl (C=O) groups excluding carboxylic acids is 3. The molecule has 0 saturated carbocycles. The number of fused-ring (bicyclic) bond motifs is 7. The lowest BCUT2D eigenvalue weighted by atomic mass is 9.79. The van der Waals surface area contributed by atoms with E-state index in [1.165, 1.54) is 4.90 Å². The number of pyridine rings is 1. The van der Waals surface area contributed by atoms with E-state index >= 15 is 0 Å². The lowest BCUT2D eigenvalue weighted by Gasteiger charge is -2.39. The maximum Gasteiger partial charge on any atom is 0.235 e. The van der Waals surface area contributed by atoms with E-state index in [9.17, 15) is 14.4 Å². The Kier molecular flexibility index (Phi) is 4.73. The molecule has 0 radical (unpaired) electrons.